The summed E-state index contributed by atoms with van der Waals surface area (Å²) in [5, 5.41) is 16.8. The van der Waals surface area contributed by atoms with Crippen LogP contribution in [0.3, 0.4) is 0 Å². The number of hydrogen-bond acceptors (Lipinski definition) is 6. The Morgan fingerprint density at radius 1 is 1.32 bits per heavy atom. The number of likely N-dealkylation sites (tertiary alicyclic amines) is 1. The second-order valence-electron chi connectivity index (χ2n) is 7.25. The standard InChI is InChI=1S/C19H25N7O2/c1-5-26-13(3)17(12(2)22-26)16-10-14(23-28-16)19(27)25-9-7-6-8-15(25)18-21-20-11-24(18)4/h10-11,15H,5-9H2,1-4H3. The molecule has 0 aliphatic carbocycles. The highest BCUT2D eigenvalue weighted by atomic mass is 16.5. The molecular weight excluding hydrogens is 358 g/mol. The number of rotatable bonds is 4. The molecule has 1 aliphatic rings. The first kappa shape index (κ1) is 18.4. The van der Waals surface area contributed by atoms with E-state index in [1.165, 1.54) is 0 Å². The van der Waals surface area contributed by atoms with E-state index < -0.39 is 0 Å². The third kappa shape index (κ3) is 3.00. The van der Waals surface area contributed by atoms with Gasteiger partial charge in [-0.05, 0) is 40.0 Å². The SMILES string of the molecule is CCn1nc(C)c(-c2cc(C(=O)N3CCCCC3c3nncn3C)no2)c1C. The van der Waals surface area contributed by atoms with E-state index in [0.717, 1.165) is 48.6 Å². The average molecular weight is 383 g/mol. The number of carbonyl (C=O) groups excluding carboxylic acids is 1. The van der Waals surface area contributed by atoms with E-state index in [0.29, 0.717) is 18.0 Å². The van der Waals surface area contributed by atoms with Gasteiger partial charge in [0.1, 0.15) is 6.33 Å². The van der Waals surface area contributed by atoms with Gasteiger partial charge in [0.15, 0.2) is 17.3 Å². The Hall–Kier alpha value is -2.97. The summed E-state index contributed by atoms with van der Waals surface area (Å²) in [5.41, 5.74) is 3.08. The van der Waals surface area contributed by atoms with Crippen molar-refractivity contribution in [3.63, 3.8) is 0 Å². The predicted octanol–water partition coefficient (Wildman–Crippen LogP) is 2.67. The van der Waals surface area contributed by atoms with E-state index in [1.54, 1.807) is 12.4 Å². The first-order chi connectivity index (χ1) is 13.5. The normalized spacial score (nSPS) is 17.3. The zero-order valence-corrected chi connectivity index (χ0v) is 16.7. The van der Waals surface area contributed by atoms with Gasteiger partial charge in [-0.1, -0.05) is 5.16 Å². The Bertz CT molecular complexity index is 1000. The molecular formula is C19H25N7O2. The van der Waals surface area contributed by atoms with Crippen LogP contribution in [0.2, 0.25) is 0 Å². The van der Waals surface area contributed by atoms with Gasteiger partial charge in [-0.25, -0.2) is 0 Å². The Kier molecular flexibility index (Phi) is 4.74. The van der Waals surface area contributed by atoms with E-state index in [-0.39, 0.29) is 11.9 Å². The summed E-state index contributed by atoms with van der Waals surface area (Å²) < 4.78 is 9.34. The molecule has 9 heteroatoms. The van der Waals surface area contributed by atoms with Crippen LogP contribution in [0.15, 0.2) is 16.9 Å². The molecule has 4 rings (SSSR count). The lowest BCUT2D eigenvalue weighted by Gasteiger charge is -2.34. The van der Waals surface area contributed by atoms with Crippen molar-refractivity contribution in [2.45, 2.75) is 52.6 Å². The van der Waals surface area contributed by atoms with Gasteiger partial charge in [-0.2, -0.15) is 5.10 Å². The molecule has 1 saturated heterocycles. The lowest BCUT2D eigenvalue weighted by molar-refractivity contribution is 0.0585. The first-order valence-corrected chi connectivity index (χ1v) is 9.67. The van der Waals surface area contributed by atoms with Crippen molar-refractivity contribution in [1.82, 2.24) is 34.6 Å². The molecule has 1 atom stereocenters. The maximum absolute atomic E-state index is 13.2. The van der Waals surface area contributed by atoms with Crippen LogP contribution in [0.25, 0.3) is 11.3 Å². The van der Waals surface area contributed by atoms with Gasteiger partial charge in [0.25, 0.3) is 5.91 Å². The first-order valence-electron chi connectivity index (χ1n) is 9.67. The molecule has 4 heterocycles. The average Bonchev–Trinajstić information content (AvgIpc) is 3.40. The Balaban J connectivity index is 1.64. The van der Waals surface area contributed by atoms with Gasteiger partial charge >= 0.3 is 0 Å². The van der Waals surface area contributed by atoms with Crippen molar-refractivity contribution in [1.29, 1.82) is 0 Å². The quantitative estimate of drug-likeness (QED) is 0.687. The van der Waals surface area contributed by atoms with Crippen LogP contribution in [-0.2, 0) is 13.6 Å². The predicted molar refractivity (Wildman–Crippen MR) is 102 cm³/mol. The Morgan fingerprint density at radius 3 is 2.82 bits per heavy atom. The van der Waals surface area contributed by atoms with Gasteiger partial charge in [-0.15, -0.1) is 10.2 Å². The minimum Gasteiger partial charge on any atom is -0.355 e. The molecule has 3 aromatic rings. The van der Waals surface area contributed by atoms with Crippen LogP contribution >= 0.6 is 0 Å². The number of aryl methyl sites for hydroxylation is 3. The summed E-state index contributed by atoms with van der Waals surface area (Å²) in [4.78, 5) is 15.1. The maximum Gasteiger partial charge on any atom is 0.276 e. The molecule has 1 aliphatic heterocycles. The molecule has 1 fully saturated rings. The number of hydrogen-bond donors (Lipinski definition) is 0. The molecule has 1 amide bonds. The summed E-state index contributed by atoms with van der Waals surface area (Å²) >= 11 is 0. The molecule has 9 nitrogen and oxygen atoms in total. The smallest absolute Gasteiger partial charge is 0.276 e. The fourth-order valence-corrected chi connectivity index (χ4v) is 4.04. The third-order valence-electron chi connectivity index (χ3n) is 5.46. The molecule has 0 spiro atoms. The van der Waals surface area contributed by atoms with Gasteiger partial charge in [-0.3, -0.25) is 9.48 Å². The second-order valence-corrected chi connectivity index (χ2v) is 7.25. The Labute approximate surface area is 163 Å². The van der Waals surface area contributed by atoms with Gasteiger partial charge in [0.2, 0.25) is 0 Å². The van der Waals surface area contributed by atoms with Crippen molar-refractivity contribution in [2.24, 2.45) is 7.05 Å². The summed E-state index contributed by atoms with van der Waals surface area (Å²) in [6.45, 7) is 7.43. The van der Waals surface area contributed by atoms with Crippen molar-refractivity contribution in [3.8, 4) is 11.3 Å². The monoisotopic (exact) mass is 383 g/mol. The highest BCUT2D eigenvalue weighted by Crippen LogP contribution is 2.32. The van der Waals surface area contributed by atoms with Crippen LogP contribution in [-0.4, -0.2) is 47.1 Å². The van der Waals surface area contributed by atoms with Crippen LogP contribution in [0.4, 0.5) is 0 Å². The van der Waals surface area contributed by atoms with Gasteiger partial charge < -0.3 is 14.0 Å². The van der Waals surface area contributed by atoms with Gasteiger partial charge in [0, 0.05) is 31.9 Å². The van der Waals surface area contributed by atoms with Crippen LogP contribution in [0, 0.1) is 13.8 Å². The van der Waals surface area contributed by atoms with Crippen LogP contribution in [0.5, 0.6) is 0 Å². The number of aromatic nitrogens is 6. The summed E-state index contributed by atoms with van der Waals surface area (Å²) in [6.07, 6.45) is 4.55. The molecule has 148 valence electrons. The van der Waals surface area contributed by atoms with Gasteiger partial charge in [0.05, 0.1) is 17.3 Å². The van der Waals surface area contributed by atoms with Crippen LogP contribution in [0.1, 0.15) is 59.9 Å². The highest BCUT2D eigenvalue weighted by molar-refractivity contribution is 5.93. The van der Waals surface area contributed by atoms with Crippen LogP contribution < -0.4 is 0 Å². The van der Waals surface area contributed by atoms with E-state index in [9.17, 15) is 4.79 Å². The highest BCUT2D eigenvalue weighted by Gasteiger charge is 2.33. The molecule has 0 N–H and O–H groups in total. The van der Waals surface area contributed by atoms with Crippen molar-refractivity contribution >= 4 is 5.91 Å². The molecule has 0 radical (unpaired) electrons. The zero-order valence-electron chi connectivity index (χ0n) is 16.7. The molecule has 1 unspecified atom stereocenters. The molecule has 3 aromatic heterocycles. The van der Waals surface area contributed by atoms with Crippen molar-refractivity contribution in [3.05, 3.63) is 35.3 Å². The molecule has 0 saturated carbocycles. The largest absolute Gasteiger partial charge is 0.355 e. The molecule has 0 bridgehead atoms. The summed E-state index contributed by atoms with van der Waals surface area (Å²) in [5.74, 6) is 1.24. The van der Waals surface area contributed by atoms with E-state index >= 15 is 0 Å². The van der Waals surface area contributed by atoms with Crippen molar-refractivity contribution in [2.75, 3.05) is 6.54 Å². The summed E-state index contributed by atoms with van der Waals surface area (Å²) in [7, 11) is 1.90. The number of carbonyl (C=O) groups is 1. The Morgan fingerprint density at radius 2 is 2.14 bits per heavy atom. The molecule has 28 heavy (non-hydrogen) atoms. The van der Waals surface area contributed by atoms with E-state index in [4.69, 9.17) is 4.52 Å². The molecule has 0 aromatic carbocycles. The van der Waals surface area contributed by atoms with Crippen molar-refractivity contribution < 1.29 is 9.32 Å². The topological polar surface area (TPSA) is 94.9 Å². The minimum atomic E-state index is -0.138. The third-order valence-corrected chi connectivity index (χ3v) is 5.46. The van der Waals surface area contributed by atoms with E-state index in [1.807, 2.05) is 42.0 Å². The zero-order chi connectivity index (χ0) is 19.8. The number of nitrogens with zero attached hydrogens (tertiary/aromatic N) is 7. The lowest BCUT2D eigenvalue weighted by Crippen LogP contribution is -2.39. The second kappa shape index (κ2) is 7.21. The number of amides is 1. The lowest BCUT2D eigenvalue weighted by atomic mass is 10.0. The summed E-state index contributed by atoms with van der Waals surface area (Å²) in [6, 6.07) is 1.63. The minimum absolute atomic E-state index is 0.0970. The maximum atomic E-state index is 13.2. The van der Waals surface area contributed by atoms with E-state index in [2.05, 4.69) is 20.5 Å². The number of piperidine rings is 1. The fraction of sp³-hybridized carbons (Fsp3) is 0.526. The fourth-order valence-electron chi connectivity index (χ4n) is 4.04.